The number of hydrogen-bond donors (Lipinski definition) is 1. The van der Waals surface area contributed by atoms with Gasteiger partial charge in [-0.1, -0.05) is 0 Å². The highest BCUT2D eigenvalue weighted by atomic mass is 16.3. The molecule has 0 aliphatic carbocycles. The Labute approximate surface area is 96.8 Å². The summed E-state index contributed by atoms with van der Waals surface area (Å²) < 4.78 is 5.47. The van der Waals surface area contributed by atoms with Crippen LogP contribution in [-0.2, 0) is 12.8 Å². The smallest absolute Gasteiger partial charge is 0.194 e. The molecule has 0 aromatic carbocycles. The number of nitrogens with zero attached hydrogens (tertiary/aromatic N) is 2. The fraction of sp³-hybridized carbons (Fsp3) is 0.750. The van der Waals surface area contributed by atoms with Crippen LogP contribution in [0.3, 0.4) is 0 Å². The molecule has 2 N–H and O–H groups in total. The normalized spacial score (nSPS) is 19.1. The topological polar surface area (TPSA) is 55.3 Å². The first kappa shape index (κ1) is 11.6. The summed E-state index contributed by atoms with van der Waals surface area (Å²) in [7, 11) is 2.18. The van der Waals surface area contributed by atoms with Crippen molar-refractivity contribution in [1.29, 1.82) is 0 Å². The molecule has 1 aromatic heterocycles. The van der Waals surface area contributed by atoms with Crippen molar-refractivity contribution in [3.63, 3.8) is 0 Å². The Balaban J connectivity index is 1.83. The Morgan fingerprint density at radius 3 is 2.94 bits per heavy atom. The summed E-state index contributed by atoms with van der Waals surface area (Å²) in [4.78, 5) is 6.83. The van der Waals surface area contributed by atoms with Gasteiger partial charge < -0.3 is 15.1 Å². The van der Waals surface area contributed by atoms with Crippen LogP contribution in [0.4, 0.5) is 0 Å². The fourth-order valence-corrected chi connectivity index (χ4v) is 2.22. The molecule has 4 nitrogen and oxygen atoms in total. The van der Waals surface area contributed by atoms with Crippen molar-refractivity contribution in [1.82, 2.24) is 9.88 Å². The molecule has 4 heteroatoms. The summed E-state index contributed by atoms with van der Waals surface area (Å²) in [5.41, 5.74) is 6.47. The molecule has 2 heterocycles. The molecule has 1 aromatic rings. The third kappa shape index (κ3) is 3.06. The predicted octanol–water partition coefficient (Wildman–Crippen LogP) is 1.06. The zero-order valence-electron chi connectivity index (χ0n) is 9.98. The number of rotatable bonds is 4. The van der Waals surface area contributed by atoms with Gasteiger partial charge in [0.1, 0.15) is 6.26 Å². The van der Waals surface area contributed by atoms with Gasteiger partial charge in [0.15, 0.2) is 5.89 Å². The lowest BCUT2D eigenvalue weighted by atomic mass is 9.94. The van der Waals surface area contributed by atoms with E-state index in [2.05, 4.69) is 16.9 Å². The van der Waals surface area contributed by atoms with E-state index < -0.39 is 0 Å². The van der Waals surface area contributed by atoms with Crippen molar-refractivity contribution < 1.29 is 4.42 Å². The SMILES string of the molecule is CN1CCC(Cc2nc(CCN)co2)CC1. The van der Waals surface area contributed by atoms with Crippen LogP contribution >= 0.6 is 0 Å². The van der Waals surface area contributed by atoms with Gasteiger partial charge in [-0.15, -0.1) is 0 Å². The van der Waals surface area contributed by atoms with Gasteiger partial charge in [0.25, 0.3) is 0 Å². The van der Waals surface area contributed by atoms with Crippen LogP contribution in [0.15, 0.2) is 10.7 Å². The molecule has 0 unspecified atom stereocenters. The highest BCUT2D eigenvalue weighted by Gasteiger charge is 2.18. The molecule has 0 atom stereocenters. The average molecular weight is 223 g/mol. The standard InChI is InChI=1S/C12H21N3O/c1-15-6-3-10(4-7-15)8-12-14-11(2-5-13)9-16-12/h9-10H,2-8,13H2,1H3. The van der Waals surface area contributed by atoms with Gasteiger partial charge in [-0.3, -0.25) is 0 Å². The molecule has 2 rings (SSSR count). The van der Waals surface area contributed by atoms with Crippen LogP contribution in [0.1, 0.15) is 24.4 Å². The van der Waals surface area contributed by atoms with Crippen LogP contribution in [0.5, 0.6) is 0 Å². The molecule has 0 bridgehead atoms. The molecule has 0 radical (unpaired) electrons. The third-order valence-electron chi connectivity index (χ3n) is 3.30. The number of aromatic nitrogens is 1. The van der Waals surface area contributed by atoms with E-state index in [0.717, 1.165) is 30.3 Å². The van der Waals surface area contributed by atoms with Gasteiger partial charge in [-0.25, -0.2) is 4.98 Å². The summed E-state index contributed by atoms with van der Waals surface area (Å²) in [5, 5.41) is 0. The van der Waals surface area contributed by atoms with Crippen molar-refractivity contribution in [2.24, 2.45) is 11.7 Å². The first-order valence-electron chi connectivity index (χ1n) is 6.10. The molecule has 1 fully saturated rings. The molecule has 90 valence electrons. The second-order valence-corrected chi connectivity index (χ2v) is 4.72. The lowest BCUT2D eigenvalue weighted by Crippen LogP contribution is -2.30. The minimum atomic E-state index is 0.639. The first-order chi connectivity index (χ1) is 7.78. The van der Waals surface area contributed by atoms with E-state index in [-0.39, 0.29) is 0 Å². The quantitative estimate of drug-likeness (QED) is 0.829. The maximum absolute atomic E-state index is 5.48. The van der Waals surface area contributed by atoms with Crippen molar-refractivity contribution in [2.45, 2.75) is 25.7 Å². The Morgan fingerprint density at radius 1 is 1.50 bits per heavy atom. The second kappa shape index (κ2) is 5.46. The number of piperidine rings is 1. The largest absolute Gasteiger partial charge is 0.449 e. The third-order valence-corrected chi connectivity index (χ3v) is 3.30. The number of nitrogens with two attached hydrogens (primary N) is 1. The molecule has 0 saturated carbocycles. The van der Waals surface area contributed by atoms with Crippen molar-refractivity contribution in [3.8, 4) is 0 Å². The molecule has 16 heavy (non-hydrogen) atoms. The van der Waals surface area contributed by atoms with E-state index in [1.54, 1.807) is 6.26 Å². The van der Waals surface area contributed by atoms with E-state index >= 15 is 0 Å². The average Bonchev–Trinajstić information content (AvgIpc) is 2.70. The van der Waals surface area contributed by atoms with E-state index in [0.29, 0.717) is 6.54 Å². The Kier molecular flexibility index (Phi) is 3.96. The molecular weight excluding hydrogens is 202 g/mol. The second-order valence-electron chi connectivity index (χ2n) is 4.72. The van der Waals surface area contributed by atoms with E-state index in [1.807, 2.05) is 0 Å². The van der Waals surface area contributed by atoms with E-state index in [4.69, 9.17) is 10.2 Å². The minimum Gasteiger partial charge on any atom is -0.449 e. The van der Waals surface area contributed by atoms with Crippen molar-refractivity contribution in [2.75, 3.05) is 26.7 Å². The van der Waals surface area contributed by atoms with Crippen LogP contribution in [-0.4, -0.2) is 36.6 Å². The summed E-state index contributed by atoms with van der Waals surface area (Å²) in [6, 6.07) is 0. The molecule has 1 aliphatic rings. The summed E-state index contributed by atoms with van der Waals surface area (Å²) in [5.74, 6) is 1.62. The van der Waals surface area contributed by atoms with Gasteiger partial charge in [0.05, 0.1) is 5.69 Å². The predicted molar refractivity (Wildman–Crippen MR) is 63.2 cm³/mol. The number of oxazole rings is 1. The number of hydrogen-bond acceptors (Lipinski definition) is 4. The molecule has 1 aliphatic heterocycles. The molecule has 1 saturated heterocycles. The van der Waals surface area contributed by atoms with Crippen LogP contribution in [0.2, 0.25) is 0 Å². The zero-order valence-corrected chi connectivity index (χ0v) is 9.98. The van der Waals surface area contributed by atoms with Gasteiger partial charge in [-0.05, 0) is 45.4 Å². The maximum atomic E-state index is 5.48. The van der Waals surface area contributed by atoms with Crippen molar-refractivity contribution >= 4 is 0 Å². The van der Waals surface area contributed by atoms with Gasteiger partial charge >= 0.3 is 0 Å². The lowest BCUT2D eigenvalue weighted by Gasteiger charge is -2.28. The van der Waals surface area contributed by atoms with Gasteiger partial charge in [-0.2, -0.15) is 0 Å². The summed E-state index contributed by atoms with van der Waals surface area (Å²) in [6.45, 7) is 3.03. The maximum Gasteiger partial charge on any atom is 0.194 e. The Bertz CT molecular complexity index is 316. The van der Waals surface area contributed by atoms with Gasteiger partial charge in [0, 0.05) is 12.8 Å². The van der Waals surface area contributed by atoms with Gasteiger partial charge in [0.2, 0.25) is 0 Å². The van der Waals surface area contributed by atoms with Crippen LogP contribution in [0, 0.1) is 5.92 Å². The number of likely N-dealkylation sites (tertiary alicyclic amines) is 1. The fourth-order valence-electron chi connectivity index (χ4n) is 2.22. The monoisotopic (exact) mass is 223 g/mol. The van der Waals surface area contributed by atoms with Crippen molar-refractivity contribution in [3.05, 3.63) is 17.8 Å². The Hall–Kier alpha value is -0.870. The highest BCUT2D eigenvalue weighted by Crippen LogP contribution is 2.20. The molecule has 0 spiro atoms. The van der Waals surface area contributed by atoms with E-state index in [1.165, 1.54) is 25.9 Å². The van der Waals surface area contributed by atoms with E-state index in [9.17, 15) is 0 Å². The zero-order chi connectivity index (χ0) is 11.4. The van der Waals surface area contributed by atoms with Crippen LogP contribution in [0.25, 0.3) is 0 Å². The molecular formula is C12H21N3O. The lowest BCUT2D eigenvalue weighted by molar-refractivity contribution is 0.212. The summed E-state index contributed by atoms with van der Waals surface area (Å²) in [6.07, 6.45) is 6.06. The first-order valence-corrected chi connectivity index (χ1v) is 6.10. The summed E-state index contributed by atoms with van der Waals surface area (Å²) >= 11 is 0. The van der Waals surface area contributed by atoms with Crippen LogP contribution < -0.4 is 5.73 Å². The molecule has 0 amide bonds. The Morgan fingerprint density at radius 2 is 2.25 bits per heavy atom. The minimum absolute atomic E-state index is 0.639. The highest BCUT2D eigenvalue weighted by molar-refractivity contribution is 4.98.